The van der Waals surface area contributed by atoms with Crippen molar-refractivity contribution in [3.8, 4) is 0 Å². The molecule has 2 aromatic carbocycles. The number of unbranched alkanes of at least 4 members (excludes halogenated alkanes) is 1. The van der Waals surface area contributed by atoms with E-state index in [-0.39, 0.29) is 0 Å². The number of para-hydroxylation sites is 1. The lowest BCUT2D eigenvalue weighted by molar-refractivity contribution is 0.287. The Balaban J connectivity index is 0.000000338. The van der Waals surface area contributed by atoms with Gasteiger partial charge in [-0.05, 0) is 43.4 Å². The second-order valence-electron chi connectivity index (χ2n) is 6.03. The van der Waals surface area contributed by atoms with Crippen LogP contribution >= 0.6 is 0 Å². The summed E-state index contributed by atoms with van der Waals surface area (Å²) in [6, 6.07) is 22.2. The molecule has 1 atom stereocenters. The third-order valence-electron chi connectivity index (χ3n) is 4.29. The smallest absolute Gasteiger partial charge is 0.0542 e. The first-order chi connectivity index (χ1) is 11.4. The number of hydrogen-bond donors (Lipinski definition) is 1. The lowest BCUT2D eigenvalue weighted by atomic mass is 9.94. The molecular formula is C21H29NO. The molecule has 1 aliphatic rings. The zero-order valence-electron chi connectivity index (χ0n) is 14.2. The maximum absolute atomic E-state index is 8.07. The normalized spacial score (nSPS) is 17.3. The van der Waals surface area contributed by atoms with E-state index in [0.717, 1.165) is 12.8 Å². The van der Waals surface area contributed by atoms with Crippen molar-refractivity contribution in [3.05, 3.63) is 66.2 Å². The highest BCUT2D eigenvalue weighted by molar-refractivity contribution is 5.49. The average molecular weight is 311 g/mol. The second kappa shape index (κ2) is 10.1. The molecule has 0 amide bonds. The van der Waals surface area contributed by atoms with E-state index >= 15 is 0 Å². The van der Waals surface area contributed by atoms with Gasteiger partial charge in [0.05, 0.1) is 6.04 Å². The highest BCUT2D eigenvalue weighted by Gasteiger charge is 2.23. The number of rotatable bonds is 4. The van der Waals surface area contributed by atoms with E-state index < -0.39 is 0 Å². The van der Waals surface area contributed by atoms with Crippen LogP contribution in [0.15, 0.2) is 60.7 Å². The van der Waals surface area contributed by atoms with Crippen LogP contribution in [0.2, 0.25) is 0 Å². The van der Waals surface area contributed by atoms with E-state index in [9.17, 15) is 0 Å². The maximum atomic E-state index is 8.07. The van der Waals surface area contributed by atoms with Crippen LogP contribution in [-0.4, -0.2) is 18.3 Å². The lowest BCUT2D eigenvalue weighted by Crippen LogP contribution is -2.33. The zero-order valence-corrected chi connectivity index (χ0v) is 14.2. The van der Waals surface area contributed by atoms with Crippen molar-refractivity contribution in [2.24, 2.45) is 0 Å². The first-order valence-corrected chi connectivity index (χ1v) is 8.84. The number of piperidine rings is 1. The molecule has 1 unspecified atom stereocenters. The van der Waals surface area contributed by atoms with Crippen molar-refractivity contribution in [3.63, 3.8) is 0 Å². The second-order valence-corrected chi connectivity index (χ2v) is 6.03. The van der Waals surface area contributed by atoms with Gasteiger partial charge in [-0.15, -0.1) is 0 Å². The minimum absolute atomic E-state index is 0.344. The number of hydrogen-bond acceptors (Lipinski definition) is 2. The molecule has 23 heavy (non-hydrogen) atoms. The number of benzene rings is 2. The highest BCUT2D eigenvalue weighted by atomic mass is 16.2. The Bertz CT molecular complexity index is 477. The molecule has 0 aromatic heterocycles. The Morgan fingerprint density at radius 1 is 0.957 bits per heavy atom. The van der Waals surface area contributed by atoms with Crippen molar-refractivity contribution in [1.29, 1.82) is 0 Å². The summed E-state index contributed by atoms with van der Waals surface area (Å²) in [5, 5.41) is 8.07. The highest BCUT2D eigenvalue weighted by Crippen LogP contribution is 2.34. The predicted octanol–water partition coefficient (Wildman–Crippen LogP) is 5.20. The average Bonchev–Trinajstić information content (AvgIpc) is 2.64. The predicted molar refractivity (Wildman–Crippen MR) is 98.8 cm³/mol. The van der Waals surface area contributed by atoms with Crippen molar-refractivity contribution in [2.75, 3.05) is 18.1 Å². The van der Waals surface area contributed by atoms with Gasteiger partial charge in [0.15, 0.2) is 0 Å². The Labute approximate surface area is 140 Å². The summed E-state index contributed by atoms with van der Waals surface area (Å²) in [5.74, 6) is 0. The monoisotopic (exact) mass is 311 g/mol. The van der Waals surface area contributed by atoms with Crippen LogP contribution in [-0.2, 0) is 0 Å². The van der Waals surface area contributed by atoms with Gasteiger partial charge in [0, 0.05) is 18.8 Å². The minimum atomic E-state index is 0.344. The van der Waals surface area contributed by atoms with Gasteiger partial charge in [0.2, 0.25) is 0 Å². The Kier molecular flexibility index (Phi) is 7.68. The molecular weight excluding hydrogens is 282 g/mol. The number of aliphatic hydroxyl groups excluding tert-OH is 1. The zero-order chi connectivity index (χ0) is 16.3. The molecule has 3 rings (SSSR count). The summed E-state index contributed by atoms with van der Waals surface area (Å²) in [6.07, 6.45) is 5.94. The molecule has 0 spiro atoms. The first-order valence-electron chi connectivity index (χ1n) is 8.84. The molecule has 0 bridgehead atoms. The van der Waals surface area contributed by atoms with Gasteiger partial charge < -0.3 is 10.0 Å². The quantitative estimate of drug-likeness (QED) is 0.839. The van der Waals surface area contributed by atoms with Crippen LogP contribution in [0, 0.1) is 0 Å². The molecule has 0 saturated carbocycles. The van der Waals surface area contributed by atoms with Crippen molar-refractivity contribution < 1.29 is 5.11 Å². The summed E-state index contributed by atoms with van der Waals surface area (Å²) in [6.45, 7) is 3.57. The van der Waals surface area contributed by atoms with Gasteiger partial charge in [-0.2, -0.15) is 0 Å². The molecule has 1 heterocycles. The first kappa shape index (κ1) is 17.6. The molecule has 1 saturated heterocycles. The molecule has 2 heteroatoms. The maximum Gasteiger partial charge on any atom is 0.0542 e. The van der Waals surface area contributed by atoms with E-state index in [1.165, 1.54) is 37.1 Å². The van der Waals surface area contributed by atoms with E-state index in [1.54, 1.807) is 0 Å². The molecule has 1 N–H and O–H groups in total. The Hall–Kier alpha value is -1.80. The van der Waals surface area contributed by atoms with Crippen LogP contribution in [0.5, 0.6) is 0 Å². The van der Waals surface area contributed by atoms with Gasteiger partial charge in [-0.3, -0.25) is 0 Å². The largest absolute Gasteiger partial charge is 0.396 e. The fourth-order valence-electron chi connectivity index (χ4n) is 3.04. The van der Waals surface area contributed by atoms with Crippen molar-refractivity contribution >= 4 is 5.69 Å². The van der Waals surface area contributed by atoms with E-state index in [2.05, 4.69) is 72.5 Å². The van der Waals surface area contributed by atoms with Crippen molar-refractivity contribution in [2.45, 2.75) is 45.1 Å². The molecule has 2 nitrogen and oxygen atoms in total. The van der Waals surface area contributed by atoms with Gasteiger partial charge in [-0.25, -0.2) is 0 Å². The van der Waals surface area contributed by atoms with E-state index in [4.69, 9.17) is 5.11 Å². The molecule has 0 aliphatic carbocycles. The molecule has 0 radical (unpaired) electrons. The van der Waals surface area contributed by atoms with E-state index in [1.807, 2.05) is 0 Å². The standard InChI is InChI=1S/C17H19N.C4H10O/c1-3-9-15(10-4-1)17-13-7-8-14-18(17)16-11-5-2-6-12-16;1-2-3-4-5/h1-6,9-12,17H,7-8,13-14H2;5H,2-4H2,1H3. The Morgan fingerprint density at radius 2 is 1.61 bits per heavy atom. The van der Waals surface area contributed by atoms with Crippen LogP contribution < -0.4 is 4.90 Å². The Morgan fingerprint density at radius 3 is 2.17 bits per heavy atom. The molecule has 2 aromatic rings. The summed E-state index contributed by atoms with van der Waals surface area (Å²) < 4.78 is 0. The van der Waals surface area contributed by atoms with Crippen LogP contribution in [0.4, 0.5) is 5.69 Å². The summed E-state index contributed by atoms with van der Waals surface area (Å²) >= 11 is 0. The molecule has 1 aliphatic heterocycles. The number of aliphatic hydroxyl groups is 1. The lowest BCUT2D eigenvalue weighted by Gasteiger charge is -2.38. The van der Waals surface area contributed by atoms with Crippen LogP contribution in [0.3, 0.4) is 0 Å². The number of nitrogens with zero attached hydrogens (tertiary/aromatic N) is 1. The topological polar surface area (TPSA) is 23.5 Å². The van der Waals surface area contributed by atoms with Gasteiger partial charge in [-0.1, -0.05) is 61.9 Å². The van der Waals surface area contributed by atoms with Crippen LogP contribution in [0.1, 0.15) is 50.6 Å². The number of anilines is 1. The minimum Gasteiger partial charge on any atom is -0.396 e. The van der Waals surface area contributed by atoms with E-state index in [0.29, 0.717) is 12.6 Å². The van der Waals surface area contributed by atoms with Crippen LogP contribution in [0.25, 0.3) is 0 Å². The fraction of sp³-hybridized carbons (Fsp3) is 0.429. The summed E-state index contributed by atoms with van der Waals surface area (Å²) in [5.41, 5.74) is 2.80. The van der Waals surface area contributed by atoms with Gasteiger partial charge in [0.25, 0.3) is 0 Å². The van der Waals surface area contributed by atoms with Gasteiger partial charge >= 0.3 is 0 Å². The third kappa shape index (κ3) is 5.40. The molecule has 124 valence electrons. The summed E-state index contributed by atoms with van der Waals surface area (Å²) in [7, 11) is 0. The molecule has 1 fully saturated rings. The summed E-state index contributed by atoms with van der Waals surface area (Å²) in [4.78, 5) is 2.55. The third-order valence-corrected chi connectivity index (χ3v) is 4.29. The van der Waals surface area contributed by atoms with Crippen molar-refractivity contribution in [1.82, 2.24) is 0 Å². The van der Waals surface area contributed by atoms with Gasteiger partial charge in [0.1, 0.15) is 0 Å². The SMILES string of the molecule is CCCCO.c1ccc(C2CCCCN2c2ccccc2)cc1. The fourth-order valence-corrected chi connectivity index (χ4v) is 3.04.